The fourth-order valence-electron chi connectivity index (χ4n) is 3.69. The number of anilines is 1. The van der Waals surface area contributed by atoms with Crippen molar-refractivity contribution in [3.05, 3.63) is 48.0 Å². The molecule has 0 bridgehead atoms. The smallest absolute Gasteiger partial charge is 0.261 e. The van der Waals surface area contributed by atoms with Gasteiger partial charge in [0.15, 0.2) is 0 Å². The number of likely N-dealkylation sites (N-methyl/N-ethyl adjacent to an activating group) is 1. The van der Waals surface area contributed by atoms with E-state index in [0.29, 0.717) is 42.4 Å². The summed E-state index contributed by atoms with van der Waals surface area (Å²) in [6.45, 7) is 5.50. The van der Waals surface area contributed by atoms with Crippen LogP contribution in [-0.2, 0) is 14.8 Å². The van der Waals surface area contributed by atoms with E-state index in [1.807, 2.05) is 6.92 Å². The first-order valence-electron chi connectivity index (χ1n) is 11.1. The lowest BCUT2D eigenvalue weighted by Crippen LogP contribution is -2.44. The molecule has 10 heteroatoms. The van der Waals surface area contributed by atoms with E-state index in [1.165, 1.54) is 25.3 Å². The van der Waals surface area contributed by atoms with Gasteiger partial charge < -0.3 is 24.4 Å². The number of carbonyl (C=O) groups excluding carboxylic acids is 1. The molecule has 0 fully saturated rings. The van der Waals surface area contributed by atoms with Gasteiger partial charge in [-0.15, -0.1) is 0 Å². The van der Waals surface area contributed by atoms with Crippen molar-refractivity contribution in [2.24, 2.45) is 5.92 Å². The molecule has 0 unspecified atom stereocenters. The first-order chi connectivity index (χ1) is 16.1. The van der Waals surface area contributed by atoms with Gasteiger partial charge >= 0.3 is 0 Å². The molecule has 34 heavy (non-hydrogen) atoms. The molecule has 0 saturated carbocycles. The topological polar surface area (TPSA) is 106 Å². The van der Waals surface area contributed by atoms with Crippen LogP contribution in [0.15, 0.2) is 47.4 Å². The van der Waals surface area contributed by atoms with Crippen LogP contribution in [0.5, 0.6) is 11.5 Å². The summed E-state index contributed by atoms with van der Waals surface area (Å²) in [5.41, 5.74) is 0.645. The van der Waals surface area contributed by atoms with Gasteiger partial charge in [-0.2, -0.15) is 0 Å². The molecule has 2 N–H and O–H groups in total. The number of fused-ring (bicyclic) bond motifs is 1. The minimum atomic E-state index is -3.84. The highest BCUT2D eigenvalue weighted by Gasteiger charge is 2.26. The van der Waals surface area contributed by atoms with E-state index in [2.05, 4.69) is 17.0 Å². The van der Waals surface area contributed by atoms with Crippen molar-refractivity contribution in [2.45, 2.75) is 30.9 Å². The van der Waals surface area contributed by atoms with Crippen molar-refractivity contribution in [3.8, 4) is 11.5 Å². The largest absolute Gasteiger partial charge is 0.497 e. The summed E-state index contributed by atoms with van der Waals surface area (Å²) in [4.78, 5) is 14.9. The Morgan fingerprint density at radius 3 is 2.47 bits per heavy atom. The third-order valence-corrected chi connectivity index (χ3v) is 7.25. The standard InChI is InChI=1S/C24H33N3O6S/c1-16-13-25-17(2)15-33-22-12-18(6-11-21(22)24(28)27(3)14-23(16)32-5)26-34(29,30)20-9-7-19(31-4)8-10-20/h6-12,16-17,23,25-26H,13-15H2,1-5H3/t16-,17+,23+/m1/s1. The Labute approximate surface area is 201 Å². The van der Waals surface area contributed by atoms with Crippen molar-refractivity contribution in [2.75, 3.05) is 45.7 Å². The van der Waals surface area contributed by atoms with Crippen LogP contribution in [0.3, 0.4) is 0 Å². The summed E-state index contributed by atoms with van der Waals surface area (Å²) in [7, 11) is 1.03. The Morgan fingerprint density at radius 2 is 1.82 bits per heavy atom. The molecule has 0 aromatic heterocycles. The van der Waals surface area contributed by atoms with Gasteiger partial charge in [0.1, 0.15) is 18.1 Å². The van der Waals surface area contributed by atoms with Crippen molar-refractivity contribution < 1.29 is 27.4 Å². The number of amides is 1. The van der Waals surface area contributed by atoms with Crippen molar-refractivity contribution in [1.29, 1.82) is 0 Å². The van der Waals surface area contributed by atoms with E-state index in [-0.39, 0.29) is 28.9 Å². The van der Waals surface area contributed by atoms with Crippen LogP contribution in [0.25, 0.3) is 0 Å². The second-order valence-electron chi connectivity index (χ2n) is 8.55. The van der Waals surface area contributed by atoms with E-state index in [4.69, 9.17) is 14.2 Å². The second kappa shape index (κ2) is 11.1. The predicted molar refractivity (Wildman–Crippen MR) is 130 cm³/mol. The Hall–Kier alpha value is -2.82. The van der Waals surface area contributed by atoms with Crippen LogP contribution in [-0.4, -0.2) is 72.3 Å². The normalized spacial score (nSPS) is 22.1. The maximum absolute atomic E-state index is 13.2. The predicted octanol–water partition coefficient (Wildman–Crippen LogP) is 2.59. The van der Waals surface area contributed by atoms with E-state index < -0.39 is 10.0 Å². The molecule has 1 heterocycles. The number of sulfonamides is 1. The van der Waals surface area contributed by atoms with Crippen molar-refractivity contribution in [3.63, 3.8) is 0 Å². The Balaban J connectivity index is 1.90. The number of ether oxygens (including phenoxy) is 3. The zero-order valence-corrected chi connectivity index (χ0v) is 21.0. The summed E-state index contributed by atoms with van der Waals surface area (Å²) in [5.74, 6) is 0.831. The highest BCUT2D eigenvalue weighted by atomic mass is 32.2. The van der Waals surface area contributed by atoms with Crippen LogP contribution >= 0.6 is 0 Å². The average Bonchev–Trinajstić information content (AvgIpc) is 2.83. The number of rotatable bonds is 5. The highest BCUT2D eigenvalue weighted by Crippen LogP contribution is 2.28. The van der Waals surface area contributed by atoms with Crippen molar-refractivity contribution in [1.82, 2.24) is 10.2 Å². The number of carbonyl (C=O) groups is 1. The molecule has 2 aromatic rings. The van der Waals surface area contributed by atoms with Crippen LogP contribution in [0.4, 0.5) is 5.69 Å². The quantitative estimate of drug-likeness (QED) is 0.662. The van der Waals surface area contributed by atoms with Gasteiger partial charge in [0.25, 0.3) is 15.9 Å². The van der Waals surface area contributed by atoms with Crippen LogP contribution in [0, 0.1) is 5.92 Å². The minimum absolute atomic E-state index is 0.0136. The van der Waals surface area contributed by atoms with Gasteiger partial charge in [-0.3, -0.25) is 9.52 Å². The molecule has 0 spiro atoms. The third kappa shape index (κ3) is 6.19. The maximum atomic E-state index is 13.2. The Bertz CT molecular complexity index is 1090. The van der Waals surface area contributed by atoms with Gasteiger partial charge in [0, 0.05) is 39.4 Å². The van der Waals surface area contributed by atoms with Crippen LogP contribution in [0.1, 0.15) is 24.2 Å². The van der Waals surface area contributed by atoms with Gasteiger partial charge in [0.2, 0.25) is 0 Å². The summed E-state index contributed by atoms with van der Waals surface area (Å²) in [5, 5.41) is 3.42. The summed E-state index contributed by atoms with van der Waals surface area (Å²) < 4.78 is 45.0. The van der Waals surface area contributed by atoms with E-state index in [0.717, 1.165) is 0 Å². The zero-order valence-electron chi connectivity index (χ0n) is 20.2. The number of nitrogens with one attached hydrogen (secondary N) is 2. The maximum Gasteiger partial charge on any atom is 0.261 e. The molecule has 9 nitrogen and oxygen atoms in total. The first kappa shape index (κ1) is 25.8. The average molecular weight is 492 g/mol. The molecule has 3 atom stereocenters. The van der Waals surface area contributed by atoms with Gasteiger partial charge in [-0.1, -0.05) is 6.92 Å². The molecule has 0 aliphatic carbocycles. The molecule has 3 rings (SSSR count). The molecule has 1 amide bonds. The van der Waals surface area contributed by atoms with E-state index >= 15 is 0 Å². The molecular formula is C24H33N3O6S. The Kier molecular flexibility index (Phi) is 8.40. The third-order valence-electron chi connectivity index (χ3n) is 5.85. The number of benzene rings is 2. The monoisotopic (exact) mass is 491 g/mol. The summed E-state index contributed by atoms with van der Waals surface area (Å²) >= 11 is 0. The number of hydrogen-bond donors (Lipinski definition) is 2. The molecule has 186 valence electrons. The SMILES string of the molecule is COc1ccc(S(=O)(=O)Nc2ccc3c(c2)OC[C@H](C)NC[C@@H](C)[C@@H](OC)CN(C)C3=O)cc1. The summed E-state index contributed by atoms with van der Waals surface area (Å²) in [6.07, 6.45) is -0.131. The zero-order chi connectivity index (χ0) is 24.9. The minimum Gasteiger partial charge on any atom is -0.497 e. The second-order valence-corrected chi connectivity index (χ2v) is 10.2. The van der Waals surface area contributed by atoms with Crippen LogP contribution in [0.2, 0.25) is 0 Å². The Morgan fingerprint density at radius 1 is 1.12 bits per heavy atom. The fraction of sp³-hybridized carbons (Fsp3) is 0.458. The lowest BCUT2D eigenvalue weighted by molar-refractivity contribution is 0.0281. The molecule has 0 saturated heterocycles. The van der Waals surface area contributed by atoms with Gasteiger partial charge in [0.05, 0.1) is 29.4 Å². The summed E-state index contributed by atoms with van der Waals surface area (Å²) in [6, 6.07) is 10.8. The van der Waals surface area contributed by atoms with Gasteiger partial charge in [-0.05, 0) is 49.2 Å². The molecule has 0 radical (unpaired) electrons. The molecular weight excluding hydrogens is 458 g/mol. The molecule has 1 aliphatic rings. The van der Waals surface area contributed by atoms with E-state index in [1.54, 1.807) is 43.3 Å². The fourth-order valence-corrected chi connectivity index (χ4v) is 4.74. The lowest BCUT2D eigenvalue weighted by Gasteiger charge is -2.30. The van der Waals surface area contributed by atoms with Crippen LogP contribution < -0.4 is 19.5 Å². The molecule has 1 aliphatic heterocycles. The van der Waals surface area contributed by atoms with Gasteiger partial charge in [-0.25, -0.2) is 8.42 Å². The van der Waals surface area contributed by atoms with E-state index in [9.17, 15) is 13.2 Å². The number of methoxy groups -OCH3 is 2. The number of nitrogens with zero attached hydrogens (tertiary/aromatic N) is 1. The molecule has 2 aromatic carbocycles. The number of hydrogen-bond acceptors (Lipinski definition) is 7. The van der Waals surface area contributed by atoms with Crippen molar-refractivity contribution >= 4 is 21.6 Å². The highest BCUT2D eigenvalue weighted by molar-refractivity contribution is 7.92. The lowest BCUT2D eigenvalue weighted by atomic mass is 10.0. The first-order valence-corrected chi connectivity index (χ1v) is 12.6.